The van der Waals surface area contributed by atoms with E-state index in [1.165, 1.54) is 0 Å². The first kappa shape index (κ1) is 13.7. The Balaban J connectivity index is 1.68. The minimum atomic E-state index is -0.816. The van der Waals surface area contributed by atoms with Crippen molar-refractivity contribution in [1.29, 1.82) is 0 Å². The summed E-state index contributed by atoms with van der Waals surface area (Å²) in [5, 5.41) is 13.1. The summed E-state index contributed by atoms with van der Waals surface area (Å²) < 4.78 is 1.88. The number of carboxylic acids is 1. The van der Waals surface area contributed by atoms with Gasteiger partial charge in [-0.3, -0.25) is 9.59 Å². The lowest BCUT2D eigenvalue weighted by molar-refractivity contribution is -0.142. The zero-order valence-electron chi connectivity index (χ0n) is 11.7. The Morgan fingerprint density at radius 3 is 2.86 bits per heavy atom. The molecule has 1 saturated carbocycles. The standard InChI is InChI=1S/C16H18N2O3/c19-15(17-13-6-3-5-12(13)16(20)21)10-18-9-8-11-4-1-2-7-14(11)18/h1-2,4,7-9,12-13H,3,5-6,10H2,(H,17,19)(H,20,21)/t12-,13+/m1/s1. The minimum absolute atomic E-state index is 0.130. The fraction of sp³-hybridized carbons (Fsp3) is 0.375. The number of nitrogens with one attached hydrogen (secondary N) is 1. The summed E-state index contributed by atoms with van der Waals surface area (Å²) in [5.74, 6) is -1.39. The quantitative estimate of drug-likeness (QED) is 0.903. The van der Waals surface area contributed by atoms with Gasteiger partial charge in [-0.15, -0.1) is 0 Å². The maximum Gasteiger partial charge on any atom is 0.308 e. The number of carbonyl (C=O) groups excluding carboxylic acids is 1. The van der Waals surface area contributed by atoms with Gasteiger partial charge < -0.3 is 15.0 Å². The Morgan fingerprint density at radius 2 is 2.05 bits per heavy atom. The van der Waals surface area contributed by atoms with E-state index in [1.54, 1.807) is 0 Å². The number of para-hydroxylation sites is 1. The molecule has 1 aliphatic rings. The maximum atomic E-state index is 12.2. The van der Waals surface area contributed by atoms with Crippen LogP contribution in [0.25, 0.3) is 10.9 Å². The van der Waals surface area contributed by atoms with Crippen molar-refractivity contribution in [3.8, 4) is 0 Å². The van der Waals surface area contributed by atoms with Crippen LogP contribution in [-0.2, 0) is 16.1 Å². The highest BCUT2D eigenvalue weighted by molar-refractivity contribution is 5.83. The minimum Gasteiger partial charge on any atom is -0.481 e. The molecule has 1 fully saturated rings. The largest absolute Gasteiger partial charge is 0.481 e. The first-order valence-electron chi connectivity index (χ1n) is 7.21. The predicted molar refractivity (Wildman–Crippen MR) is 78.8 cm³/mol. The molecule has 3 rings (SSSR count). The molecule has 5 heteroatoms. The molecular formula is C16H18N2O3. The molecule has 21 heavy (non-hydrogen) atoms. The number of aliphatic carboxylic acids is 1. The van der Waals surface area contributed by atoms with Crippen LogP contribution in [0.4, 0.5) is 0 Å². The summed E-state index contributed by atoms with van der Waals surface area (Å²) >= 11 is 0. The molecule has 1 amide bonds. The molecule has 0 saturated heterocycles. The Morgan fingerprint density at radius 1 is 1.24 bits per heavy atom. The highest BCUT2D eigenvalue weighted by Crippen LogP contribution is 2.25. The number of benzene rings is 1. The van der Waals surface area contributed by atoms with E-state index in [0.717, 1.165) is 23.7 Å². The van der Waals surface area contributed by atoms with Crippen molar-refractivity contribution in [2.45, 2.75) is 31.8 Å². The fourth-order valence-corrected chi connectivity index (χ4v) is 3.11. The van der Waals surface area contributed by atoms with E-state index in [0.29, 0.717) is 6.42 Å². The first-order chi connectivity index (χ1) is 10.1. The lowest BCUT2D eigenvalue weighted by Crippen LogP contribution is -2.41. The van der Waals surface area contributed by atoms with E-state index in [2.05, 4.69) is 5.32 Å². The van der Waals surface area contributed by atoms with Crippen LogP contribution < -0.4 is 5.32 Å². The van der Waals surface area contributed by atoms with Crippen LogP contribution >= 0.6 is 0 Å². The van der Waals surface area contributed by atoms with Gasteiger partial charge in [0.2, 0.25) is 5.91 Å². The molecule has 2 atom stereocenters. The molecule has 0 spiro atoms. The molecule has 1 heterocycles. The van der Waals surface area contributed by atoms with E-state index in [4.69, 9.17) is 5.11 Å². The van der Waals surface area contributed by atoms with Crippen LogP contribution in [0.5, 0.6) is 0 Å². The molecule has 1 aromatic carbocycles. The van der Waals surface area contributed by atoms with Crippen molar-refractivity contribution in [2.24, 2.45) is 5.92 Å². The zero-order valence-corrected chi connectivity index (χ0v) is 11.7. The van der Waals surface area contributed by atoms with Crippen LogP contribution in [0, 0.1) is 5.92 Å². The monoisotopic (exact) mass is 286 g/mol. The summed E-state index contributed by atoms with van der Waals surface area (Å²) in [6.07, 6.45) is 4.13. The summed E-state index contributed by atoms with van der Waals surface area (Å²) in [6, 6.07) is 9.60. The fourth-order valence-electron chi connectivity index (χ4n) is 3.11. The number of amides is 1. The smallest absolute Gasteiger partial charge is 0.308 e. The lowest BCUT2D eigenvalue weighted by Gasteiger charge is -2.18. The molecule has 0 radical (unpaired) electrons. The number of hydrogen-bond acceptors (Lipinski definition) is 2. The molecule has 1 aromatic heterocycles. The Kier molecular flexibility index (Phi) is 3.64. The Hall–Kier alpha value is -2.30. The van der Waals surface area contributed by atoms with Crippen molar-refractivity contribution >= 4 is 22.8 Å². The second kappa shape index (κ2) is 5.60. The van der Waals surface area contributed by atoms with E-state index >= 15 is 0 Å². The van der Waals surface area contributed by atoms with E-state index in [1.807, 2.05) is 41.1 Å². The van der Waals surface area contributed by atoms with Crippen LogP contribution in [0.1, 0.15) is 19.3 Å². The molecule has 0 bridgehead atoms. The van der Waals surface area contributed by atoms with Gasteiger partial charge in [0.05, 0.1) is 5.92 Å². The van der Waals surface area contributed by atoms with Crippen molar-refractivity contribution < 1.29 is 14.7 Å². The summed E-state index contributed by atoms with van der Waals surface area (Å²) in [4.78, 5) is 23.3. The average Bonchev–Trinajstić information content (AvgIpc) is 3.06. The number of fused-ring (bicyclic) bond motifs is 1. The van der Waals surface area contributed by atoms with Crippen LogP contribution in [0.15, 0.2) is 36.5 Å². The lowest BCUT2D eigenvalue weighted by atomic mass is 10.0. The van der Waals surface area contributed by atoms with Gasteiger partial charge in [0.15, 0.2) is 0 Å². The number of aromatic nitrogens is 1. The van der Waals surface area contributed by atoms with Crippen molar-refractivity contribution in [1.82, 2.24) is 9.88 Å². The number of carbonyl (C=O) groups is 2. The van der Waals surface area contributed by atoms with Crippen molar-refractivity contribution in [2.75, 3.05) is 0 Å². The molecule has 5 nitrogen and oxygen atoms in total. The highest BCUT2D eigenvalue weighted by Gasteiger charge is 2.33. The molecule has 2 N–H and O–H groups in total. The van der Waals surface area contributed by atoms with Gasteiger partial charge >= 0.3 is 5.97 Å². The van der Waals surface area contributed by atoms with Crippen LogP contribution in [-0.4, -0.2) is 27.6 Å². The normalized spacial score (nSPS) is 21.5. The average molecular weight is 286 g/mol. The first-order valence-corrected chi connectivity index (χ1v) is 7.21. The number of rotatable bonds is 4. The van der Waals surface area contributed by atoms with Crippen molar-refractivity contribution in [3.63, 3.8) is 0 Å². The van der Waals surface area contributed by atoms with Crippen molar-refractivity contribution in [3.05, 3.63) is 36.5 Å². The van der Waals surface area contributed by atoms with Gasteiger partial charge in [-0.05, 0) is 30.4 Å². The number of carboxylic acid groups (broad SMARTS) is 1. The highest BCUT2D eigenvalue weighted by atomic mass is 16.4. The Labute approximate surface area is 122 Å². The van der Waals surface area contributed by atoms with Gasteiger partial charge in [0.25, 0.3) is 0 Å². The van der Waals surface area contributed by atoms with Crippen LogP contribution in [0.2, 0.25) is 0 Å². The molecule has 2 aromatic rings. The van der Waals surface area contributed by atoms with Gasteiger partial charge in [-0.25, -0.2) is 0 Å². The van der Waals surface area contributed by atoms with Gasteiger partial charge in [-0.2, -0.15) is 0 Å². The van der Waals surface area contributed by atoms with Crippen LogP contribution in [0.3, 0.4) is 0 Å². The van der Waals surface area contributed by atoms with Gasteiger partial charge in [0, 0.05) is 17.8 Å². The molecule has 0 unspecified atom stereocenters. The SMILES string of the molecule is O=C(Cn1ccc2ccccc21)N[C@H]1CCC[C@H]1C(=O)O. The maximum absolute atomic E-state index is 12.2. The molecule has 1 aliphatic carbocycles. The third-order valence-electron chi connectivity index (χ3n) is 4.17. The third-order valence-corrected chi connectivity index (χ3v) is 4.17. The number of nitrogens with zero attached hydrogens (tertiary/aromatic N) is 1. The van der Waals surface area contributed by atoms with Gasteiger partial charge in [0.1, 0.15) is 6.54 Å². The molecule has 110 valence electrons. The van der Waals surface area contributed by atoms with Gasteiger partial charge in [-0.1, -0.05) is 24.6 Å². The summed E-state index contributed by atoms with van der Waals surface area (Å²) in [7, 11) is 0. The van der Waals surface area contributed by atoms with E-state index in [-0.39, 0.29) is 18.5 Å². The predicted octanol–water partition coefficient (Wildman–Crippen LogP) is 2.01. The second-order valence-corrected chi connectivity index (χ2v) is 5.55. The van der Waals surface area contributed by atoms with E-state index < -0.39 is 11.9 Å². The number of hydrogen-bond donors (Lipinski definition) is 2. The van der Waals surface area contributed by atoms with E-state index in [9.17, 15) is 9.59 Å². The topological polar surface area (TPSA) is 71.3 Å². The second-order valence-electron chi connectivity index (χ2n) is 5.55. The third kappa shape index (κ3) is 2.77. The summed E-state index contributed by atoms with van der Waals surface area (Å²) in [6.45, 7) is 0.219. The zero-order chi connectivity index (χ0) is 14.8. The summed E-state index contributed by atoms with van der Waals surface area (Å²) in [5.41, 5.74) is 1.01. The molecular weight excluding hydrogens is 268 g/mol. The molecule has 0 aliphatic heterocycles. The Bertz CT molecular complexity index is 677.